The number of hydrogen-bond donors (Lipinski definition) is 1. The summed E-state index contributed by atoms with van der Waals surface area (Å²) in [6.07, 6.45) is 1.56. The highest BCUT2D eigenvalue weighted by Gasteiger charge is 2.30. The van der Waals surface area contributed by atoms with Gasteiger partial charge in [0.1, 0.15) is 6.04 Å². The summed E-state index contributed by atoms with van der Waals surface area (Å²) in [5, 5.41) is 9.15. The lowest BCUT2D eigenvalue weighted by molar-refractivity contribution is -0.138. The van der Waals surface area contributed by atoms with E-state index in [4.69, 9.17) is 5.11 Å². The van der Waals surface area contributed by atoms with E-state index in [0.717, 1.165) is 17.7 Å². The van der Waals surface area contributed by atoms with Gasteiger partial charge in [0.2, 0.25) is 0 Å². The number of aryl methyl sites for hydroxylation is 2. The summed E-state index contributed by atoms with van der Waals surface area (Å²) in [4.78, 5) is 13.0. The van der Waals surface area contributed by atoms with Crippen molar-refractivity contribution in [2.24, 2.45) is 0 Å². The van der Waals surface area contributed by atoms with E-state index >= 15 is 0 Å². The van der Waals surface area contributed by atoms with Gasteiger partial charge in [0.05, 0.1) is 0 Å². The van der Waals surface area contributed by atoms with Crippen molar-refractivity contribution < 1.29 is 9.90 Å². The molecule has 1 unspecified atom stereocenters. The number of anilines is 1. The maximum Gasteiger partial charge on any atom is 0.326 e. The lowest BCUT2D eigenvalue weighted by atomic mass is 9.90. The Morgan fingerprint density at radius 3 is 2.62 bits per heavy atom. The summed E-state index contributed by atoms with van der Waals surface area (Å²) in [5.41, 5.74) is 4.84. The van der Waals surface area contributed by atoms with Gasteiger partial charge in [0.25, 0.3) is 0 Å². The molecule has 1 N–H and O–H groups in total. The Morgan fingerprint density at radius 1 is 1.38 bits per heavy atom. The number of nitrogens with zero attached hydrogens (tertiary/aromatic N) is 1. The first-order chi connectivity index (χ1) is 7.52. The molecule has 1 aliphatic rings. The number of hydrogen-bond acceptors (Lipinski definition) is 2. The van der Waals surface area contributed by atoms with Crippen LogP contribution in [0.3, 0.4) is 0 Å². The van der Waals surface area contributed by atoms with E-state index in [0.29, 0.717) is 6.42 Å². The Kier molecular flexibility index (Phi) is 2.62. The first-order valence-corrected chi connectivity index (χ1v) is 5.57. The number of carbonyl (C=O) groups is 1. The molecular weight excluding hydrogens is 202 g/mol. The van der Waals surface area contributed by atoms with Gasteiger partial charge >= 0.3 is 5.97 Å². The van der Waals surface area contributed by atoms with Gasteiger partial charge in [-0.1, -0.05) is 12.1 Å². The van der Waals surface area contributed by atoms with E-state index in [1.165, 1.54) is 11.1 Å². The molecule has 2 rings (SSSR count). The molecule has 0 aromatic heterocycles. The molecule has 0 aliphatic carbocycles. The highest BCUT2D eigenvalue weighted by Crippen LogP contribution is 2.34. The molecule has 3 nitrogen and oxygen atoms in total. The molecular formula is C13H17NO2. The Bertz CT molecular complexity index is 440. The lowest BCUT2D eigenvalue weighted by Gasteiger charge is -2.35. The smallest absolute Gasteiger partial charge is 0.326 e. The molecule has 1 heterocycles. The van der Waals surface area contributed by atoms with Crippen molar-refractivity contribution >= 4 is 11.7 Å². The quantitative estimate of drug-likeness (QED) is 0.786. The van der Waals surface area contributed by atoms with Crippen molar-refractivity contribution in [2.75, 3.05) is 11.9 Å². The average Bonchev–Trinajstić information content (AvgIpc) is 2.23. The average molecular weight is 219 g/mol. The van der Waals surface area contributed by atoms with Crippen LogP contribution in [0.2, 0.25) is 0 Å². The molecule has 0 spiro atoms. The molecule has 0 bridgehead atoms. The van der Waals surface area contributed by atoms with Gasteiger partial charge in [0, 0.05) is 12.7 Å². The fourth-order valence-electron chi connectivity index (χ4n) is 2.58. The van der Waals surface area contributed by atoms with Crippen LogP contribution in [-0.4, -0.2) is 24.2 Å². The number of carboxylic acids is 1. The summed E-state index contributed by atoms with van der Waals surface area (Å²) in [7, 11) is 1.88. The number of rotatable bonds is 1. The lowest BCUT2D eigenvalue weighted by Crippen LogP contribution is -2.42. The van der Waals surface area contributed by atoms with Crippen molar-refractivity contribution in [3.63, 3.8) is 0 Å². The number of aliphatic carboxylic acids is 1. The molecule has 1 aromatic carbocycles. The first kappa shape index (κ1) is 11.0. The van der Waals surface area contributed by atoms with Gasteiger partial charge in [-0.15, -0.1) is 0 Å². The minimum Gasteiger partial charge on any atom is -0.480 e. The van der Waals surface area contributed by atoms with Crippen LogP contribution in [0.4, 0.5) is 5.69 Å². The van der Waals surface area contributed by atoms with E-state index < -0.39 is 5.97 Å². The molecule has 3 heteroatoms. The topological polar surface area (TPSA) is 40.5 Å². The van der Waals surface area contributed by atoms with Crippen LogP contribution in [0.5, 0.6) is 0 Å². The third-order valence-corrected chi connectivity index (χ3v) is 3.49. The van der Waals surface area contributed by atoms with Crippen LogP contribution in [0.15, 0.2) is 12.1 Å². The standard InChI is InChI=1S/C13H17NO2/c1-8-4-5-9(2)12-10(8)6-7-11(13(15)16)14(12)3/h4-5,11H,6-7H2,1-3H3,(H,15,16). The second kappa shape index (κ2) is 3.81. The van der Waals surface area contributed by atoms with Gasteiger partial charge < -0.3 is 10.0 Å². The Morgan fingerprint density at radius 2 is 2.00 bits per heavy atom. The molecule has 1 aliphatic heterocycles. The Hall–Kier alpha value is -1.51. The van der Waals surface area contributed by atoms with Crippen molar-refractivity contribution in [1.29, 1.82) is 0 Å². The Labute approximate surface area is 95.7 Å². The van der Waals surface area contributed by atoms with Crippen LogP contribution in [0, 0.1) is 13.8 Å². The molecule has 1 atom stereocenters. The van der Waals surface area contributed by atoms with Crippen molar-refractivity contribution in [1.82, 2.24) is 0 Å². The van der Waals surface area contributed by atoms with E-state index in [1.54, 1.807) is 0 Å². The van der Waals surface area contributed by atoms with Crippen molar-refractivity contribution in [3.05, 3.63) is 28.8 Å². The first-order valence-electron chi connectivity index (χ1n) is 5.57. The van der Waals surface area contributed by atoms with Crippen molar-refractivity contribution in [2.45, 2.75) is 32.7 Å². The minimum absolute atomic E-state index is 0.381. The van der Waals surface area contributed by atoms with E-state index in [9.17, 15) is 4.79 Å². The largest absolute Gasteiger partial charge is 0.480 e. The zero-order valence-electron chi connectivity index (χ0n) is 9.95. The van der Waals surface area contributed by atoms with Gasteiger partial charge in [0.15, 0.2) is 0 Å². The summed E-state index contributed by atoms with van der Waals surface area (Å²) < 4.78 is 0. The van der Waals surface area contributed by atoms with E-state index in [2.05, 4.69) is 19.1 Å². The highest BCUT2D eigenvalue weighted by atomic mass is 16.4. The highest BCUT2D eigenvalue weighted by molar-refractivity contribution is 5.80. The maximum absolute atomic E-state index is 11.1. The zero-order chi connectivity index (χ0) is 11.9. The molecule has 0 fully saturated rings. The summed E-state index contributed by atoms with van der Waals surface area (Å²) in [6.45, 7) is 4.13. The van der Waals surface area contributed by atoms with E-state index in [-0.39, 0.29) is 6.04 Å². The minimum atomic E-state index is -0.728. The summed E-state index contributed by atoms with van der Waals surface area (Å²) in [6, 6.07) is 3.80. The molecule has 0 amide bonds. The normalized spacial score (nSPS) is 19.4. The molecule has 0 radical (unpaired) electrons. The second-order valence-corrected chi connectivity index (χ2v) is 4.53. The van der Waals surface area contributed by atoms with Crippen LogP contribution in [-0.2, 0) is 11.2 Å². The zero-order valence-corrected chi connectivity index (χ0v) is 9.95. The van der Waals surface area contributed by atoms with Crippen LogP contribution in [0.25, 0.3) is 0 Å². The molecule has 0 saturated heterocycles. The fourth-order valence-corrected chi connectivity index (χ4v) is 2.58. The Balaban J connectivity index is 2.52. The maximum atomic E-state index is 11.1. The van der Waals surface area contributed by atoms with Crippen LogP contribution < -0.4 is 4.90 Å². The molecule has 86 valence electrons. The second-order valence-electron chi connectivity index (χ2n) is 4.53. The summed E-state index contributed by atoms with van der Waals surface area (Å²) in [5.74, 6) is -0.728. The van der Waals surface area contributed by atoms with Gasteiger partial charge in [-0.05, 0) is 43.4 Å². The number of carboxylic acid groups (broad SMARTS) is 1. The van der Waals surface area contributed by atoms with Gasteiger partial charge in [-0.2, -0.15) is 0 Å². The SMILES string of the molecule is Cc1ccc(C)c2c1CCC(C(=O)O)N2C. The van der Waals surface area contributed by atoms with E-state index in [1.807, 2.05) is 18.9 Å². The monoisotopic (exact) mass is 219 g/mol. The molecule has 0 saturated carbocycles. The molecule has 1 aromatic rings. The van der Waals surface area contributed by atoms with Gasteiger partial charge in [-0.25, -0.2) is 4.79 Å². The number of benzene rings is 1. The molecule has 16 heavy (non-hydrogen) atoms. The van der Waals surface area contributed by atoms with Crippen LogP contribution >= 0.6 is 0 Å². The third-order valence-electron chi connectivity index (χ3n) is 3.49. The van der Waals surface area contributed by atoms with Gasteiger partial charge in [-0.3, -0.25) is 0 Å². The predicted octanol–water partition coefficient (Wildman–Crippen LogP) is 2.14. The third kappa shape index (κ3) is 1.56. The predicted molar refractivity (Wildman–Crippen MR) is 64.1 cm³/mol. The summed E-state index contributed by atoms with van der Waals surface area (Å²) >= 11 is 0. The van der Waals surface area contributed by atoms with Crippen LogP contribution in [0.1, 0.15) is 23.1 Å². The van der Waals surface area contributed by atoms with Crippen molar-refractivity contribution in [3.8, 4) is 0 Å². The fraction of sp³-hybridized carbons (Fsp3) is 0.462. The number of likely N-dealkylation sites (N-methyl/N-ethyl adjacent to an activating group) is 1. The number of fused-ring (bicyclic) bond motifs is 1.